The molecule has 6 heteroatoms. The molecule has 0 saturated heterocycles. The van der Waals surface area contributed by atoms with Gasteiger partial charge in [0.15, 0.2) is 9.84 Å². The molecule has 4 nitrogen and oxygen atoms in total. The third-order valence-corrected chi connectivity index (χ3v) is 3.64. The molecule has 0 unspecified atom stereocenters. The number of rotatable bonds is 3. The van der Waals surface area contributed by atoms with Crippen LogP contribution >= 0.6 is 0 Å². The Morgan fingerprint density at radius 3 is 2.53 bits per heavy atom. The molecule has 15 heavy (non-hydrogen) atoms. The first kappa shape index (κ1) is 11.6. The summed E-state index contributed by atoms with van der Waals surface area (Å²) in [6.45, 7) is 1.36. The summed E-state index contributed by atoms with van der Waals surface area (Å²) >= 11 is 0. The first-order chi connectivity index (χ1) is 6.88. The van der Waals surface area contributed by atoms with Gasteiger partial charge in [-0.25, -0.2) is 17.6 Å². The quantitative estimate of drug-likeness (QED) is 0.853. The van der Waals surface area contributed by atoms with Gasteiger partial charge in [-0.3, -0.25) is 0 Å². The summed E-state index contributed by atoms with van der Waals surface area (Å²) in [5.74, 6) is -2.49. The Balaban J connectivity index is 3.42. The fourth-order valence-electron chi connectivity index (χ4n) is 1.03. The van der Waals surface area contributed by atoms with Gasteiger partial charge in [0.2, 0.25) is 0 Å². The summed E-state index contributed by atoms with van der Waals surface area (Å²) in [5, 5.41) is 8.62. The van der Waals surface area contributed by atoms with Crippen molar-refractivity contribution >= 4 is 15.8 Å². The van der Waals surface area contributed by atoms with Crippen molar-refractivity contribution in [2.24, 2.45) is 0 Å². The van der Waals surface area contributed by atoms with Crippen molar-refractivity contribution < 1.29 is 22.7 Å². The van der Waals surface area contributed by atoms with Gasteiger partial charge >= 0.3 is 5.97 Å². The van der Waals surface area contributed by atoms with E-state index in [2.05, 4.69) is 0 Å². The van der Waals surface area contributed by atoms with E-state index >= 15 is 0 Å². The van der Waals surface area contributed by atoms with Gasteiger partial charge in [0.05, 0.1) is 11.3 Å². The lowest BCUT2D eigenvalue weighted by atomic mass is 10.2. The molecule has 0 heterocycles. The average Bonchev–Trinajstić information content (AvgIpc) is 2.17. The number of carboxylic acids is 1. The molecule has 0 saturated carbocycles. The van der Waals surface area contributed by atoms with Crippen LogP contribution in [0, 0.1) is 5.82 Å². The normalized spacial score (nSPS) is 11.3. The lowest BCUT2D eigenvalue weighted by molar-refractivity contribution is 0.0696. The Labute approximate surface area is 86.3 Å². The van der Waals surface area contributed by atoms with Crippen LogP contribution in [0.5, 0.6) is 0 Å². The Morgan fingerprint density at radius 1 is 1.47 bits per heavy atom. The second-order valence-corrected chi connectivity index (χ2v) is 5.10. The predicted octanol–water partition coefficient (Wildman–Crippen LogP) is 1.32. The molecule has 0 bridgehead atoms. The summed E-state index contributed by atoms with van der Waals surface area (Å²) in [4.78, 5) is 10.00. The molecule has 1 aromatic carbocycles. The van der Waals surface area contributed by atoms with E-state index in [0.29, 0.717) is 0 Å². The highest BCUT2D eigenvalue weighted by molar-refractivity contribution is 7.91. The van der Waals surface area contributed by atoms with Crippen molar-refractivity contribution in [3.8, 4) is 0 Å². The summed E-state index contributed by atoms with van der Waals surface area (Å²) < 4.78 is 35.9. The second kappa shape index (κ2) is 3.98. The van der Waals surface area contributed by atoms with Gasteiger partial charge in [-0.05, 0) is 18.2 Å². The van der Waals surface area contributed by atoms with Crippen molar-refractivity contribution in [2.45, 2.75) is 11.8 Å². The molecule has 0 amide bonds. The fraction of sp³-hybridized carbons (Fsp3) is 0.222. The van der Waals surface area contributed by atoms with E-state index in [1.165, 1.54) is 6.92 Å². The Kier molecular flexibility index (Phi) is 3.09. The van der Waals surface area contributed by atoms with Crippen LogP contribution < -0.4 is 0 Å². The fourth-order valence-corrected chi connectivity index (χ4v) is 2.01. The lowest BCUT2D eigenvalue weighted by Crippen LogP contribution is -2.08. The second-order valence-electron chi connectivity index (χ2n) is 2.85. The van der Waals surface area contributed by atoms with Crippen LogP contribution in [0.25, 0.3) is 0 Å². The van der Waals surface area contributed by atoms with E-state index < -0.39 is 26.5 Å². The number of benzene rings is 1. The van der Waals surface area contributed by atoms with E-state index in [1.54, 1.807) is 0 Å². The van der Waals surface area contributed by atoms with E-state index in [1.807, 2.05) is 0 Å². The zero-order valence-corrected chi connectivity index (χ0v) is 8.71. The van der Waals surface area contributed by atoms with Gasteiger partial charge in [0.1, 0.15) is 10.7 Å². The molecule has 82 valence electrons. The molecule has 1 rings (SSSR count). The Morgan fingerprint density at radius 2 is 2.07 bits per heavy atom. The number of carboxylic acid groups (broad SMARTS) is 1. The first-order valence-electron chi connectivity index (χ1n) is 4.14. The van der Waals surface area contributed by atoms with E-state index in [4.69, 9.17) is 5.11 Å². The first-order valence-corrected chi connectivity index (χ1v) is 5.79. The molecule has 0 radical (unpaired) electrons. The molecular weight excluding hydrogens is 223 g/mol. The summed E-state index contributed by atoms with van der Waals surface area (Å²) in [6, 6.07) is 2.69. The van der Waals surface area contributed by atoms with Gasteiger partial charge in [-0.2, -0.15) is 0 Å². The van der Waals surface area contributed by atoms with Gasteiger partial charge in [0, 0.05) is 0 Å². The van der Waals surface area contributed by atoms with Crippen LogP contribution in [0.4, 0.5) is 4.39 Å². The Hall–Kier alpha value is -1.43. The lowest BCUT2D eigenvalue weighted by Gasteiger charge is -2.03. The molecule has 0 aliphatic heterocycles. The number of carbonyl (C=O) groups is 1. The van der Waals surface area contributed by atoms with Crippen LogP contribution in [0.2, 0.25) is 0 Å². The number of halogens is 1. The van der Waals surface area contributed by atoms with Crippen LogP contribution in [-0.2, 0) is 9.84 Å². The van der Waals surface area contributed by atoms with Crippen LogP contribution in [-0.4, -0.2) is 25.2 Å². The maximum Gasteiger partial charge on any atom is 0.335 e. The molecule has 0 spiro atoms. The molecule has 0 atom stereocenters. The minimum absolute atomic E-state index is 0.247. The van der Waals surface area contributed by atoms with Crippen molar-refractivity contribution in [1.82, 2.24) is 0 Å². The monoisotopic (exact) mass is 232 g/mol. The topological polar surface area (TPSA) is 71.4 Å². The SMILES string of the molecule is CCS(=O)(=O)c1cc(C(=O)O)ccc1F. The van der Waals surface area contributed by atoms with Gasteiger partial charge in [0.25, 0.3) is 0 Å². The van der Waals surface area contributed by atoms with Crippen LogP contribution in [0.15, 0.2) is 23.1 Å². The van der Waals surface area contributed by atoms with Crippen LogP contribution in [0.3, 0.4) is 0 Å². The minimum atomic E-state index is -3.72. The Bertz CT molecular complexity index is 493. The molecule has 1 aromatic rings. The van der Waals surface area contributed by atoms with E-state index in [0.717, 1.165) is 18.2 Å². The highest BCUT2D eigenvalue weighted by Crippen LogP contribution is 2.17. The third kappa shape index (κ3) is 2.33. The summed E-state index contributed by atoms with van der Waals surface area (Å²) in [7, 11) is -3.72. The number of hydrogen-bond acceptors (Lipinski definition) is 3. The number of aromatic carboxylic acids is 1. The molecule has 1 N–H and O–H groups in total. The smallest absolute Gasteiger partial charge is 0.335 e. The summed E-state index contributed by atoms with van der Waals surface area (Å²) in [6.07, 6.45) is 0. The third-order valence-electron chi connectivity index (χ3n) is 1.89. The molecule has 0 fully saturated rings. The molecule has 0 aromatic heterocycles. The standard InChI is InChI=1S/C9H9FO4S/c1-2-15(13,14)8-5-6(9(11)12)3-4-7(8)10/h3-5H,2H2,1H3,(H,11,12). The number of sulfone groups is 1. The number of hydrogen-bond donors (Lipinski definition) is 1. The van der Waals surface area contributed by atoms with Gasteiger partial charge < -0.3 is 5.11 Å². The molecule has 0 aliphatic rings. The van der Waals surface area contributed by atoms with Crippen molar-refractivity contribution in [3.63, 3.8) is 0 Å². The zero-order valence-electron chi connectivity index (χ0n) is 7.90. The highest BCUT2D eigenvalue weighted by Gasteiger charge is 2.19. The van der Waals surface area contributed by atoms with Crippen molar-refractivity contribution in [2.75, 3.05) is 5.75 Å². The van der Waals surface area contributed by atoms with Gasteiger partial charge in [-0.15, -0.1) is 0 Å². The van der Waals surface area contributed by atoms with Gasteiger partial charge in [-0.1, -0.05) is 6.92 Å². The van der Waals surface area contributed by atoms with E-state index in [-0.39, 0.29) is 11.3 Å². The minimum Gasteiger partial charge on any atom is -0.478 e. The van der Waals surface area contributed by atoms with Crippen molar-refractivity contribution in [1.29, 1.82) is 0 Å². The average molecular weight is 232 g/mol. The summed E-state index contributed by atoms with van der Waals surface area (Å²) in [5.41, 5.74) is -0.247. The molecular formula is C9H9FO4S. The molecule has 0 aliphatic carbocycles. The largest absolute Gasteiger partial charge is 0.478 e. The maximum atomic E-state index is 13.1. The maximum absolute atomic E-state index is 13.1. The predicted molar refractivity (Wildman–Crippen MR) is 51.1 cm³/mol. The van der Waals surface area contributed by atoms with E-state index in [9.17, 15) is 17.6 Å². The van der Waals surface area contributed by atoms with Crippen LogP contribution in [0.1, 0.15) is 17.3 Å². The van der Waals surface area contributed by atoms with Crippen molar-refractivity contribution in [3.05, 3.63) is 29.6 Å². The zero-order chi connectivity index (χ0) is 11.6. The highest BCUT2D eigenvalue weighted by atomic mass is 32.2.